The molecule has 134 valence electrons. The normalized spacial score (nSPS) is 10.7. The fourth-order valence-corrected chi connectivity index (χ4v) is 2.46. The van der Waals surface area contributed by atoms with E-state index < -0.39 is 0 Å². The lowest BCUT2D eigenvalue weighted by Crippen LogP contribution is -2.15. The zero-order valence-corrected chi connectivity index (χ0v) is 15.6. The molecule has 0 saturated carbocycles. The molecule has 0 fully saturated rings. The Labute approximate surface area is 154 Å². The smallest absolute Gasteiger partial charge is 0.224 e. The van der Waals surface area contributed by atoms with Gasteiger partial charge in [0.05, 0.1) is 6.61 Å². The molecule has 4 nitrogen and oxygen atoms in total. The number of benzene rings is 2. The molecule has 1 N–H and O–H groups in total. The Balaban J connectivity index is 1.72. The number of hydrogen-bond acceptors (Lipinski definition) is 3. The number of carbonyl (C=O) groups is 1. The first-order chi connectivity index (χ1) is 12.0. The molecule has 0 unspecified atom stereocenters. The van der Waals surface area contributed by atoms with E-state index in [1.54, 1.807) is 0 Å². The third-order valence-electron chi connectivity index (χ3n) is 3.71. The summed E-state index contributed by atoms with van der Waals surface area (Å²) in [7, 11) is 4.09. The first-order valence-corrected chi connectivity index (χ1v) is 8.82. The molecule has 0 bridgehead atoms. The minimum atomic E-state index is -0.00500. The predicted molar refractivity (Wildman–Crippen MR) is 104 cm³/mol. The van der Waals surface area contributed by atoms with Crippen LogP contribution in [0.3, 0.4) is 0 Å². The monoisotopic (exact) mass is 360 g/mol. The second-order valence-electron chi connectivity index (χ2n) is 6.20. The Morgan fingerprint density at radius 2 is 1.76 bits per heavy atom. The summed E-state index contributed by atoms with van der Waals surface area (Å²) in [6.45, 7) is 1.69. The topological polar surface area (TPSA) is 41.6 Å². The van der Waals surface area contributed by atoms with Crippen LogP contribution in [-0.2, 0) is 11.2 Å². The van der Waals surface area contributed by atoms with E-state index in [4.69, 9.17) is 16.3 Å². The van der Waals surface area contributed by atoms with Crippen molar-refractivity contribution in [2.75, 3.05) is 32.6 Å². The van der Waals surface area contributed by atoms with E-state index in [-0.39, 0.29) is 5.91 Å². The molecule has 2 aromatic rings. The van der Waals surface area contributed by atoms with E-state index in [0.717, 1.165) is 30.0 Å². The molecule has 0 radical (unpaired) electrons. The van der Waals surface area contributed by atoms with Crippen molar-refractivity contribution in [3.63, 3.8) is 0 Å². The molecular weight excluding hydrogens is 336 g/mol. The second kappa shape index (κ2) is 10.1. The maximum atomic E-state index is 12.0. The standard InChI is InChI=1S/C20H25ClN2O2/c1-23(2)14-3-15-25-19-11-9-18(10-12-19)22-20(24)13-6-16-4-7-17(21)8-5-16/h4-5,7-12H,3,6,13-15H2,1-2H3,(H,22,24). The number of ether oxygens (including phenoxy) is 1. The number of anilines is 1. The maximum Gasteiger partial charge on any atom is 0.224 e. The summed E-state index contributed by atoms with van der Waals surface area (Å²) in [5.74, 6) is 0.813. The van der Waals surface area contributed by atoms with E-state index in [0.29, 0.717) is 24.5 Å². The van der Waals surface area contributed by atoms with Crippen molar-refractivity contribution in [3.8, 4) is 5.75 Å². The Kier molecular flexibility index (Phi) is 7.76. The van der Waals surface area contributed by atoms with Crippen LogP contribution >= 0.6 is 11.6 Å². The van der Waals surface area contributed by atoms with Crippen molar-refractivity contribution in [2.24, 2.45) is 0 Å². The summed E-state index contributed by atoms with van der Waals surface area (Å²) in [5.41, 5.74) is 1.88. The van der Waals surface area contributed by atoms with Gasteiger partial charge in [0.2, 0.25) is 5.91 Å². The van der Waals surface area contributed by atoms with Crippen LogP contribution in [-0.4, -0.2) is 38.1 Å². The Morgan fingerprint density at radius 3 is 2.40 bits per heavy atom. The van der Waals surface area contributed by atoms with Crippen LogP contribution in [0.5, 0.6) is 5.75 Å². The van der Waals surface area contributed by atoms with Crippen LogP contribution in [0.2, 0.25) is 5.02 Å². The van der Waals surface area contributed by atoms with Crippen LogP contribution in [0.1, 0.15) is 18.4 Å². The number of nitrogens with zero attached hydrogens (tertiary/aromatic N) is 1. The quantitative estimate of drug-likeness (QED) is 0.680. The number of rotatable bonds is 9. The van der Waals surface area contributed by atoms with Gasteiger partial charge in [0.25, 0.3) is 0 Å². The van der Waals surface area contributed by atoms with Crippen molar-refractivity contribution in [1.29, 1.82) is 0 Å². The van der Waals surface area contributed by atoms with Crippen molar-refractivity contribution < 1.29 is 9.53 Å². The molecule has 0 atom stereocenters. The molecule has 2 rings (SSSR count). The molecule has 0 aliphatic heterocycles. The van der Waals surface area contributed by atoms with Gasteiger partial charge in [0.1, 0.15) is 5.75 Å². The molecule has 1 amide bonds. The second-order valence-corrected chi connectivity index (χ2v) is 6.64. The fourth-order valence-electron chi connectivity index (χ4n) is 2.34. The van der Waals surface area contributed by atoms with Crippen molar-refractivity contribution in [3.05, 3.63) is 59.1 Å². The van der Waals surface area contributed by atoms with Crippen molar-refractivity contribution >= 4 is 23.2 Å². The van der Waals surface area contributed by atoms with Crippen LogP contribution in [0, 0.1) is 0 Å². The van der Waals surface area contributed by atoms with Gasteiger partial charge in [-0.15, -0.1) is 0 Å². The van der Waals surface area contributed by atoms with E-state index >= 15 is 0 Å². The largest absolute Gasteiger partial charge is 0.494 e. The van der Waals surface area contributed by atoms with Gasteiger partial charge >= 0.3 is 0 Å². The van der Waals surface area contributed by atoms with Gasteiger partial charge in [-0.2, -0.15) is 0 Å². The van der Waals surface area contributed by atoms with Gasteiger partial charge in [0.15, 0.2) is 0 Å². The highest BCUT2D eigenvalue weighted by atomic mass is 35.5. The first kappa shape index (κ1) is 19.3. The third kappa shape index (κ3) is 7.59. The molecule has 2 aromatic carbocycles. The lowest BCUT2D eigenvalue weighted by atomic mass is 10.1. The summed E-state index contributed by atoms with van der Waals surface area (Å²) in [5, 5.41) is 3.61. The van der Waals surface area contributed by atoms with Crippen molar-refractivity contribution in [2.45, 2.75) is 19.3 Å². The molecule has 0 aliphatic carbocycles. The average Bonchev–Trinajstić information content (AvgIpc) is 2.59. The van der Waals surface area contributed by atoms with E-state index in [1.807, 2.05) is 62.6 Å². The zero-order chi connectivity index (χ0) is 18.1. The molecule has 0 aromatic heterocycles. The zero-order valence-electron chi connectivity index (χ0n) is 14.8. The molecular formula is C20H25ClN2O2. The lowest BCUT2D eigenvalue weighted by molar-refractivity contribution is -0.116. The first-order valence-electron chi connectivity index (χ1n) is 8.45. The summed E-state index contributed by atoms with van der Waals surface area (Å²) >= 11 is 5.86. The number of halogens is 1. The molecule has 0 aliphatic rings. The van der Waals surface area contributed by atoms with Gasteiger partial charge in [-0.3, -0.25) is 4.79 Å². The summed E-state index contributed by atoms with van der Waals surface area (Å²) < 4.78 is 5.68. The SMILES string of the molecule is CN(C)CCCOc1ccc(NC(=O)CCc2ccc(Cl)cc2)cc1. The highest BCUT2D eigenvalue weighted by Gasteiger charge is 2.04. The molecule has 0 spiro atoms. The van der Waals surface area contributed by atoms with Gasteiger partial charge in [0, 0.05) is 23.7 Å². The van der Waals surface area contributed by atoms with E-state index in [1.165, 1.54) is 0 Å². The average molecular weight is 361 g/mol. The Bertz CT molecular complexity index is 654. The molecule has 0 saturated heterocycles. The predicted octanol–water partition coefficient (Wildman–Crippen LogP) is 4.24. The van der Waals surface area contributed by atoms with Gasteiger partial charge < -0.3 is 15.0 Å². The summed E-state index contributed by atoms with van der Waals surface area (Å²) in [4.78, 5) is 14.2. The molecule has 25 heavy (non-hydrogen) atoms. The minimum absolute atomic E-state index is 0.00500. The lowest BCUT2D eigenvalue weighted by Gasteiger charge is -2.11. The number of hydrogen-bond donors (Lipinski definition) is 1. The molecule has 0 heterocycles. The highest BCUT2D eigenvalue weighted by molar-refractivity contribution is 6.30. The van der Waals surface area contributed by atoms with E-state index in [2.05, 4.69) is 10.2 Å². The van der Waals surface area contributed by atoms with Gasteiger partial charge in [-0.25, -0.2) is 0 Å². The minimum Gasteiger partial charge on any atom is -0.494 e. The van der Waals surface area contributed by atoms with Gasteiger partial charge in [-0.1, -0.05) is 23.7 Å². The number of aryl methyl sites for hydroxylation is 1. The number of amides is 1. The van der Waals surface area contributed by atoms with Crippen LogP contribution in [0.15, 0.2) is 48.5 Å². The van der Waals surface area contributed by atoms with Crippen LogP contribution < -0.4 is 10.1 Å². The Morgan fingerprint density at radius 1 is 1.08 bits per heavy atom. The number of nitrogens with one attached hydrogen (secondary N) is 1. The fraction of sp³-hybridized carbons (Fsp3) is 0.350. The highest BCUT2D eigenvalue weighted by Crippen LogP contribution is 2.17. The van der Waals surface area contributed by atoms with Crippen molar-refractivity contribution in [1.82, 2.24) is 4.90 Å². The Hall–Kier alpha value is -2.04. The third-order valence-corrected chi connectivity index (χ3v) is 3.96. The van der Waals surface area contributed by atoms with Gasteiger partial charge in [-0.05, 0) is 68.9 Å². The molecule has 5 heteroatoms. The maximum absolute atomic E-state index is 12.0. The summed E-state index contributed by atoms with van der Waals surface area (Å²) in [6.07, 6.45) is 2.11. The van der Waals surface area contributed by atoms with Crippen LogP contribution in [0.4, 0.5) is 5.69 Å². The number of carbonyl (C=O) groups excluding carboxylic acids is 1. The summed E-state index contributed by atoms with van der Waals surface area (Å²) in [6, 6.07) is 15.0. The van der Waals surface area contributed by atoms with E-state index in [9.17, 15) is 4.79 Å². The van der Waals surface area contributed by atoms with Crippen LogP contribution in [0.25, 0.3) is 0 Å².